The zero-order chi connectivity index (χ0) is 16.5. The standard InChI is InChI=1S/C17H23FO4/c1-10(2)14-9-20-13-8-12(18)6-11(16(13)21-14)7-15(19)22-17(3,4)5/h6,8,10,14H,7,9H2,1-5H3/t14-/m0/s1. The fourth-order valence-electron chi connectivity index (χ4n) is 2.21. The highest BCUT2D eigenvalue weighted by Crippen LogP contribution is 2.38. The SMILES string of the molecule is CC(C)[C@@H]1COc2cc(F)cc(CC(=O)OC(C)(C)C)c2O1. The average molecular weight is 310 g/mol. The van der Waals surface area contributed by atoms with E-state index in [1.54, 1.807) is 20.8 Å². The molecule has 0 aliphatic carbocycles. The number of fused-ring (bicyclic) bond motifs is 1. The number of halogens is 1. The maximum Gasteiger partial charge on any atom is 0.310 e. The van der Waals surface area contributed by atoms with Gasteiger partial charge in [-0.3, -0.25) is 4.79 Å². The van der Waals surface area contributed by atoms with Crippen LogP contribution in [0, 0.1) is 11.7 Å². The highest BCUT2D eigenvalue weighted by Gasteiger charge is 2.28. The third-order valence-corrected chi connectivity index (χ3v) is 3.27. The van der Waals surface area contributed by atoms with Crippen molar-refractivity contribution in [1.29, 1.82) is 0 Å². The maximum atomic E-state index is 13.7. The van der Waals surface area contributed by atoms with Gasteiger partial charge in [-0.15, -0.1) is 0 Å². The second kappa shape index (κ2) is 6.15. The van der Waals surface area contributed by atoms with Crippen molar-refractivity contribution in [2.75, 3.05) is 6.61 Å². The monoisotopic (exact) mass is 310 g/mol. The molecule has 2 rings (SSSR count). The summed E-state index contributed by atoms with van der Waals surface area (Å²) >= 11 is 0. The zero-order valence-electron chi connectivity index (χ0n) is 13.7. The van der Waals surface area contributed by atoms with Crippen LogP contribution >= 0.6 is 0 Å². The average Bonchev–Trinajstić information content (AvgIpc) is 2.35. The topological polar surface area (TPSA) is 44.8 Å². The number of benzene rings is 1. The Balaban J connectivity index is 2.25. The van der Waals surface area contributed by atoms with Gasteiger partial charge in [0.15, 0.2) is 11.5 Å². The summed E-state index contributed by atoms with van der Waals surface area (Å²) in [4.78, 5) is 12.0. The van der Waals surface area contributed by atoms with Crippen LogP contribution in [0.5, 0.6) is 11.5 Å². The molecular weight excluding hydrogens is 287 g/mol. The summed E-state index contributed by atoms with van der Waals surface area (Å²) in [5.41, 5.74) is -0.128. The normalized spacial score (nSPS) is 17.5. The molecule has 1 aliphatic heterocycles. The van der Waals surface area contributed by atoms with Crippen LogP contribution in [0.15, 0.2) is 12.1 Å². The highest BCUT2D eigenvalue weighted by molar-refractivity contribution is 5.74. The van der Waals surface area contributed by atoms with Gasteiger partial charge in [0.05, 0.1) is 6.42 Å². The lowest BCUT2D eigenvalue weighted by molar-refractivity contribution is -0.153. The van der Waals surface area contributed by atoms with Crippen molar-refractivity contribution in [1.82, 2.24) is 0 Å². The first-order valence-electron chi connectivity index (χ1n) is 7.49. The van der Waals surface area contributed by atoms with E-state index in [9.17, 15) is 9.18 Å². The van der Waals surface area contributed by atoms with Crippen LogP contribution in [-0.2, 0) is 16.0 Å². The van der Waals surface area contributed by atoms with Crippen LogP contribution in [0.25, 0.3) is 0 Å². The van der Waals surface area contributed by atoms with Crippen molar-refractivity contribution < 1.29 is 23.4 Å². The molecule has 1 aromatic rings. The van der Waals surface area contributed by atoms with Crippen LogP contribution in [-0.4, -0.2) is 24.3 Å². The van der Waals surface area contributed by atoms with Crippen molar-refractivity contribution in [3.8, 4) is 11.5 Å². The smallest absolute Gasteiger partial charge is 0.310 e. The largest absolute Gasteiger partial charge is 0.486 e. The van der Waals surface area contributed by atoms with Gasteiger partial charge in [0, 0.05) is 11.6 Å². The number of ether oxygens (including phenoxy) is 3. The second-order valence-electron chi connectivity index (χ2n) is 6.87. The number of esters is 1. The van der Waals surface area contributed by atoms with E-state index in [1.807, 2.05) is 13.8 Å². The lowest BCUT2D eigenvalue weighted by atomic mass is 10.0. The molecule has 1 atom stereocenters. The van der Waals surface area contributed by atoms with Crippen molar-refractivity contribution in [3.05, 3.63) is 23.5 Å². The Morgan fingerprint density at radius 3 is 2.68 bits per heavy atom. The third-order valence-electron chi connectivity index (χ3n) is 3.27. The predicted octanol–water partition coefficient (Wildman–Crippen LogP) is 3.51. The highest BCUT2D eigenvalue weighted by atomic mass is 19.1. The Kier molecular flexibility index (Phi) is 4.63. The molecule has 22 heavy (non-hydrogen) atoms. The van der Waals surface area contributed by atoms with E-state index in [-0.39, 0.29) is 18.4 Å². The molecule has 1 heterocycles. The van der Waals surface area contributed by atoms with Crippen molar-refractivity contribution in [3.63, 3.8) is 0 Å². The summed E-state index contributed by atoms with van der Waals surface area (Å²) in [6.45, 7) is 9.80. The van der Waals surface area contributed by atoms with Crippen LogP contribution in [0.1, 0.15) is 40.2 Å². The fourth-order valence-corrected chi connectivity index (χ4v) is 2.21. The first-order valence-corrected chi connectivity index (χ1v) is 7.49. The Bertz CT molecular complexity index is 561. The molecule has 0 saturated heterocycles. The summed E-state index contributed by atoms with van der Waals surface area (Å²) in [5, 5.41) is 0. The molecular formula is C17H23FO4. The number of carbonyl (C=O) groups excluding carboxylic acids is 1. The van der Waals surface area contributed by atoms with E-state index >= 15 is 0 Å². The minimum atomic E-state index is -0.581. The Hall–Kier alpha value is -1.78. The van der Waals surface area contributed by atoms with Crippen molar-refractivity contribution in [2.24, 2.45) is 5.92 Å². The van der Waals surface area contributed by atoms with Gasteiger partial charge in [-0.2, -0.15) is 0 Å². The summed E-state index contributed by atoms with van der Waals surface area (Å²) in [5.74, 6) is 0.166. The molecule has 0 spiro atoms. The lowest BCUT2D eigenvalue weighted by Gasteiger charge is -2.30. The van der Waals surface area contributed by atoms with E-state index in [2.05, 4.69) is 0 Å². The Morgan fingerprint density at radius 1 is 1.41 bits per heavy atom. The molecule has 122 valence electrons. The van der Waals surface area contributed by atoms with Gasteiger partial charge in [0.25, 0.3) is 0 Å². The molecule has 0 bridgehead atoms. The fraction of sp³-hybridized carbons (Fsp3) is 0.588. The number of rotatable bonds is 3. The van der Waals surface area contributed by atoms with Gasteiger partial charge in [0.1, 0.15) is 24.1 Å². The number of hydrogen-bond donors (Lipinski definition) is 0. The summed E-state index contributed by atoms with van der Waals surface area (Å²) in [6.07, 6.45) is -0.165. The molecule has 4 nitrogen and oxygen atoms in total. The Labute approximate surface area is 130 Å². The molecule has 0 aromatic heterocycles. The molecule has 5 heteroatoms. The molecule has 0 radical (unpaired) electrons. The van der Waals surface area contributed by atoms with Gasteiger partial charge in [0.2, 0.25) is 0 Å². The lowest BCUT2D eigenvalue weighted by Crippen LogP contribution is -2.34. The minimum Gasteiger partial charge on any atom is -0.486 e. The van der Waals surface area contributed by atoms with Gasteiger partial charge in [-0.1, -0.05) is 13.8 Å². The van der Waals surface area contributed by atoms with E-state index in [4.69, 9.17) is 14.2 Å². The molecule has 0 unspecified atom stereocenters. The van der Waals surface area contributed by atoms with E-state index in [0.29, 0.717) is 23.7 Å². The van der Waals surface area contributed by atoms with Crippen LogP contribution in [0.4, 0.5) is 4.39 Å². The molecule has 0 saturated carbocycles. The summed E-state index contributed by atoms with van der Waals surface area (Å²) in [6, 6.07) is 2.58. The number of carbonyl (C=O) groups is 1. The maximum absolute atomic E-state index is 13.7. The molecule has 1 aliphatic rings. The molecule has 0 N–H and O–H groups in total. The van der Waals surface area contributed by atoms with Crippen LogP contribution in [0.2, 0.25) is 0 Å². The van der Waals surface area contributed by atoms with Gasteiger partial charge in [-0.25, -0.2) is 4.39 Å². The van der Waals surface area contributed by atoms with E-state index < -0.39 is 17.4 Å². The van der Waals surface area contributed by atoms with E-state index in [1.165, 1.54) is 12.1 Å². The third kappa shape index (κ3) is 4.12. The molecule has 0 fully saturated rings. The van der Waals surface area contributed by atoms with Gasteiger partial charge < -0.3 is 14.2 Å². The van der Waals surface area contributed by atoms with Crippen LogP contribution < -0.4 is 9.47 Å². The summed E-state index contributed by atoms with van der Waals surface area (Å²) in [7, 11) is 0. The zero-order valence-corrected chi connectivity index (χ0v) is 13.7. The van der Waals surface area contributed by atoms with Crippen molar-refractivity contribution >= 4 is 5.97 Å². The molecule has 1 aromatic carbocycles. The first-order chi connectivity index (χ1) is 10.2. The van der Waals surface area contributed by atoms with E-state index in [0.717, 1.165) is 0 Å². The first kappa shape index (κ1) is 16.6. The van der Waals surface area contributed by atoms with Gasteiger partial charge >= 0.3 is 5.97 Å². The summed E-state index contributed by atoms with van der Waals surface area (Å²) < 4.78 is 30.5. The van der Waals surface area contributed by atoms with Crippen molar-refractivity contribution in [2.45, 2.75) is 52.7 Å². The molecule has 0 amide bonds. The quantitative estimate of drug-likeness (QED) is 0.802. The minimum absolute atomic E-state index is 0.0501. The second-order valence-corrected chi connectivity index (χ2v) is 6.87. The Morgan fingerprint density at radius 2 is 2.09 bits per heavy atom. The predicted molar refractivity (Wildman–Crippen MR) is 80.7 cm³/mol. The van der Waals surface area contributed by atoms with Crippen LogP contribution in [0.3, 0.4) is 0 Å². The van der Waals surface area contributed by atoms with Gasteiger partial charge in [-0.05, 0) is 32.8 Å². The number of hydrogen-bond acceptors (Lipinski definition) is 4.